The van der Waals surface area contributed by atoms with E-state index in [2.05, 4.69) is 22.9 Å². The zero-order valence-corrected chi connectivity index (χ0v) is 20.0. The van der Waals surface area contributed by atoms with Gasteiger partial charge in [0.1, 0.15) is 6.04 Å². The highest BCUT2D eigenvalue weighted by Crippen LogP contribution is 2.40. The third-order valence-corrected chi connectivity index (χ3v) is 7.06. The van der Waals surface area contributed by atoms with Crippen LogP contribution in [0.25, 0.3) is 11.1 Å². The molecular formula is C29H29N3O3. The molecule has 2 atom stereocenters. The smallest absolute Gasteiger partial charge is 0.261 e. The van der Waals surface area contributed by atoms with Gasteiger partial charge in [0.2, 0.25) is 5.91 Å². The first-order chi connectivity index (χ1) is 16.9. The van der Waals surface area contributed by atoms with E-state index in [1.165, 1.54) is 16.1 Å². The van der Waals surface area contributed by atoms with Crippen molar-refractivity contribution in [3.05, 3.63) is 89.5 Å². The summed E-state index contributed by atoms with van der Waals surface area (Å²) in [6.45, 7) is 3.49. The molecule has 0 saturated heterocycles. The number of nitrogens with one attached hydrogen (secondary N) is 2. The number of hydrogen-bond donors (Lipinski definition) is 2. The van der Waals surface area contributed by atoms with Gasteiger partial charge in [-0.25, -0.2) is 5.01 Å². The van der Waals surface area contributed by atoms with Gasteiger partial charge >= 0.3 is 0 Å². The van der Waals surface area contributed by atoms with Gasteiger partial charge in [-0.05, 0) is 60.9 Å². The van der Waals surface area contributed by atoms with Gasteiger partial charge in [0, 0.05) is 12.0 Å². The summed E-state index contributed by atoms with van der Waals surface area (Å²) < 4.78 is 0. The Labute approximate surface area is 205 Å². The highest BCUT2D eigenvalue weighted by molar-refractivity contribution is 6.06. The number of benzene rings is 3. The van der Waals surface area contributed by atoms with Crippen LogP contribution >= 0.6 is 0 Å². The second kappa shape index (κ2) is 9.37. The second-order valence-corrected chi connectivity index (χ2v) is 9.51. The van der Waals surface area contributed by atoms with Crippen molar-refractivity contribution in [2.45, 2.75) is 45.1 Å². The van der Waals surface area contributed by atoms with E-state index in [1.807, 2.05) is 67.6 Å². The Kier molecular flexibility index (Phi) is 6.12. The molecule has 5 rings (SSSR count). The van der Waals surface area contributed by atoms with Crippen molar-refractivity contribution >= 4 is 23.4 Å². The summed E-state index contributed by atoms with van der Waals surface area (Å²) in [6.07, 6.45) is 2.12. The van der Waals surface area contributed by atoms with Crippen molar-refractivity contribution in [1.82, 2.24) is 10.7 Å². The number of carbonyl (C=O) groups excluding carboxylic acids is 3. The molecule has 3 aromatic rings. The maximum absolute atomic E-state index is 13.4. The van der Waals surface area contributed by atoms with E-state index < -0.39 is 17.9 Å². The molecular weight excluding hydrogens is 438 g/mol. The number of rotatable bonds is 5. The first-order valence-corrected chi connectivity index (χ1v) is 12.1. The fourth-order valence-electron chi connectivity index (χ4n) is 5.21. The molecule has 0 aromatic heterocycles. The zero-order valence-electron chi connectivity index (χ0n) is 20.0. The highest BCUT2D eigenvalue weighted by Gasteiger charge is 2.33. The first-order valence-electron chi connectivity index (χ1n) is 12.1. The lowest BCUT2D eigenvalue weighted by molar-refractivity contribution is -0.130. The molecule has 2 aliphatic rings. The van der Waals surface area contributed by atoms with E-state index in [-0.39, 0.29) is 17.7 Å². The SMILES string of the molecule is CC1C(=O)N(NC(=O)[C@H](C)NC(=O)CC2Cc3ccccc3C2)c2ccccc2-c2ccccc21. The Morgan fingerprint density at radius 1 is 0.914 bits per heavy atom. The maximum Gasteiger partial charge on any atom is 0.261 e. The average molecular weight is 468 g/mol. The fraction of sp³-hybridized carbons (Fsp3) is 0.276. The normalized spacial score (nSPS) is 17.6. The van der Waals surface area contributed by atoms with Crippen LogP contribution in [0.3, 0.4) is 0 Å². The predicted octanol–water partition coefficient (Wildman–Crippen LogP) is 4.14. The number of nitrogens with zero attached hydrogens (tertiary/aromatic N) is 1. The van der Waals surface area contributed by atoms with Crippen molar-refractivity contribution in [2.75, 3.05) is 5.01 Å². The topological polar surface area (TPSA) is 78.5 Å². The van der Waals surface area contributed by atoms with Crippen LogP contribution in [0, 0.1) is 5.92 Å². The van der Waals surface area contributed by atoms with Crippen LogP contribution in [-0.4, -0.2) is 23.8 Å². The van der Waals surface area contributed by atoms with Crippen molar-refractivity contribution in [2.24, 2.45) is 5.92 Å². The molecule has 6 heteroatoms. The van der Waals surface area contributed by atoms with Gasteiger partial charge in [-0.15, -0.1) is 0 Å². The molecule has 0 radical (unpaired) electrons. The number of hydrogen-bond acceptors (Lipinski definition) is 3. The third-order valence-electron chi connectivity index (χ3n) is 7.06. The number of anilines is 1. The standard InChI is InChI=1S/C29H29N3O3/c1-18-23-11-5-6-12-24(23)25-13-7-8-14-26(25)32(29(18)35)31-28(34)19(2)30-27(33)17-20-15-21-9-3-4-10-22(21)16-20/h3-14,18-20H,15-17H2,1-2H3,(H,30,33)(H,31,34)/t18?,19-/m0/s1. The Morgan fingerprint density at radius 3 is 2.23 bits per heavy atom. The number of para-hydroxylation sites is 1. The Morgan fingerprint density at radius 2 is 1.51 bits per heavy atom. The highest BCUT2D eigenvalue weighted by atomic mass is 16.2. The summed E-state index contributed by atoms with van der Waals surface area (Å²) in [5.41, 5.74) is 8.74. The summed E-state index contributed by atoms with van der Waals surface area (Å²) >= 11 is 0. The van der Waals surface area contributed by atoms with Crippen LogP contribution in [0.15, 0.2) is 72.8 Å². The first kappa shape index (κ1) is 22.8. The van der Waals surface area contributed by atoms with E-state index in [9.17, 15) is 14.4 Å². The van der Waals surface area contributed by atoms with Gasteiger partial charge in [-0.1, -0.05) is 66.7 Å². The molecule has 0 bridgehead atoms. The molecule has 0 fully saturated rings. The van der Waals surface area contributed by atoms with Gasteiger partial charge < -0.3 is 5.32 Å². The fourth-order valence-corrected chi connectivity index (χ4v) is 5.21. The quantitative estimate of drug-likeness (QED) is 0.592. The van der Waals surface area contributed by atoms with E-state index in [4.69, 9.17) is 0 Å². The van der Waals surface area contributed by atoms with E-state index in [1.54, 1.807) is 6.92 Å². The molecule has 1 aliphatic carbocycles. The lowest BCUT2D eigenvalue weighted by atomic mass is 9.92. The molecule has 1 aliphatic heterocycles. The number of carbonyl (C=O) groups is 3. The summed E-state index contributed by atoms with van der Waals surface area (Å²) in [7, 11) is 0. The predicted molar refractivity (Wildman–Crippen MR) is 135 cm³/mol. The minimum Gasteiger partial charge on any atom is -0.345 e. The zero-order chi connectivity index (χ0) is 24.5. The monoisotopic (exact) mass is 467 g/mol. The summed E-state index contributed by atoms with van der Waals surface area (Å²) in [5.74, 6) is -1.02. The lowest BCUT2D eigenvalue weighted by Crippen LogP contribution is -2.54. The average Bonchev–Trinajstić information content (AvgIpc) is 3.25. The summed E-state index contributed by atoms with van der Waals surface area (Å²) in [4.78, 5) is 39.2. The summed E-state index contributed by atoms with van der Waals surface area (Å²) in [5, 5.41) is 4.15. The molecule has 3 amide bonds. The van der Waals surface area contributed by atoms with Crippen LogP contribution in [0.1, 0.15) is 42.9 Å². The van der Waals surface area contributed by atoms with Crippen LogP contribution in [0.4, 0.5) is 5.69 Å². The van der Waals surface area contributed by atoms with E-state index >= 15 is 0 Å². The van der Waals surface area contributed by atoms with E-state index in [0.29, 0.717) is 12.1 Å². The molecule has 178 valence electrons. The van der Waals surface area contributed by atoms with Crippen LogP contribution in [-0.2, 0) is 27.2 Å². The number of amides is 3. The molecule has 35 heavy (non-hydrogen) atoms. The third kappa shape index (κ3) is 4.44. The van der Waals surface area contributed by atoms with Gasteiger partial charge in [0.05, 0.1) is 11.6 Å². The molecule has 0 spiro atoms. The molecule has 1 heterocycles. The maximum atomic E-state index is 13.4. The van der Waals surface area contributed by atoms with Gasteiger partial charge in [-0.2, -0.15) is 0 Å². The Balaban J connectivity index is 1.28. The van der Waals surface area contributed by atoms with Crippen LogP contribution in [0.5, 0.6) is 0 Å². The minimum atomic E-state index is -0.785. The number of fused-ring (bicyclic) bond motifs is 4. The lowest BCUT2D eigenvalue weighted by Gasteiger charge is -2.27. The van der Waals surface area contributed by atoms with Crippen LogP contribution < -0.4 is 15.8 Å². The molecule has 1 unspecified atom stereocenters. The van der Waals surface area contributed by atoms with Crippen molar-refractivity contribution < 1.29 is 14.4 Å². The van der Waals surface area contributed by atoms with Gasteiger partial charge in [-0.3, -0.25) is 19.8 Å². The Hall–Kier alpha value is -3.93. The van der Waals surface area contributed by atoms with Crippen LogP contribution in [0.2, 0.25) is 0 Å². The van der Waals surface area contributed by atoms with Crippen molar-refractivity contribution in [3.63, 3.8) is 0 Å². The van der Waals surface area contributed by atoms with Gasteiger partial charge in [0.15, 0.2) is 0 Å². The largest absolute Gasteiger partial charge is 0.345 e. The summed E-state index contributed by atoms with van der Waals surface area (Å²) in [6, 6.07) is 22.8. The van der Waals surface area contributed by atoms with Crippen molar-refractivity contribution in [3.8, 4) is 11.1 Å². The molecule has 3 aromatic carbocycles. The molecule has 6 nitrogen and oxygen atoms in total. The molecule has 0 saturated carbocycles. The Bertz CT molecular complexity index is 1280. The second-order valence-electron chi connectivity index (χ2n) is 9.51. The number of hydrazine groups is 1. The van der Waals surface area contributed by atoms with Gasteiger partial charge in [0.25, 0.3) is 11.8 Å². The minimum absolute atomic E-state index is 0.158. The molecule has 2 N–H and O–H groups in total. The van der Waals surface area contributed by atoms with E-state index in [0.717, 1.165) is 29.5 Å². The van der Waals surface area contributed by atoms with Crippen molar-refractivity contribution in [1.29, 1.82) is 0 Å².